The van der Waals surface area contributed by atoms with Gasteiger partial charge in [-0.2, -0.15) is 0 Å². The molecular formula is C17H22N2O5S. The lowest BCUT2D eigenvalue weighted by Crippen LogP contribution is -2.34. The normalized spacial score (nSPS) is 18.6. The number of hydrogen-bond acceptors (Lipinski definition) is 4. The van der Waals surface area contributed by atoms with Gasteiger partial charge in [0.1, 0.15) is 0 Å². The van der Waals surface area contributed by atoms with Crippen LogP contribution in [0.15, 0.2) is 29.2 Å². The molecule has 136 valence electrons. The number of carbonyl (C=O) groups excluding carboxylic acids is 1. The molecule has 0 saturated heterocycles. The third-order valence-corrected chi connectivity index (χ3v) is 6.24. The highest BCUT2D eigenvalue weighted by Crippen LogP contribution is 2.45. The third kappa shape index (κ3) is 4.58. The summed E-state index contributed by atoms with van der Waals surface area (Å²) in [6, 6.07) is 6.56. The van der Waals surface area contributed by atoms with Gasteiger partial charge in [-0.25, -0.2) is 13.1 Å². The molecule has 0 atom stereocenters. The van der Waals surface area contributed by atoms with Crippen LogP contribution >= 0.6 is 0 Å². The van der Waals surface area contributed by atoms with Crippen LogP contribution in [-0.2, 0) is 26.0 Å². The average Bonchev–Trinajstić information content (AvgIpc) is 3.47. The quantitative estimate of drug-likeness (QED) is 0.604. The van der Waals surface area contributed by atoms with Crippen LogP contribution in [0.3, 0.4) is 0 Å². The lowest BCUT2D eigenvalue weighted by atomic mass is 10.1. The fraction of sp³-hybridized carbons (Fsp3) is 0.529. The second-order valence-electron chi connectivity index (χ2n) is 6.90. The number of nitrogens with one attached hydrogen (secondary N) is 2. The molecule has 0 spiro atoms. The Morgan fingerprint density at radius 1 is 1.16 bits per heavy atom. The number of carboxylic acids is 1. The summed E-state index contributed by atoms with van der Waals surface area (Å²) in [5.74, 6) is -1.05. The van der Waals surface area contributed by atoms with Gasteiger partial charge in [0.05, 0.1) is 10.3 Å². The van der Waals surface area contributed by atoms with Gasteiger partial charge in [-0.15, -0.1) is 0 Å². The molecule has 2 saturated carbocycles. The molecule has 0 aliphatic heterocycles. The number of benzene rings is 1. The average molecular weight is 366 g/mol. The molecule has 2 aliphatic rings. The topological polar surface area (TPSA) is 113 Å². The molecule has 8 heteroatoms. The highest BCUT2D eigenvalue weighted by molar-refractivity contribution is 7.89. The number of sulfonamides is 1. The van der Waals surface area contributed by atoms with E-state index in [0.29, 0.717) is 19.3 Å². The van der Waals surface area contributed by atoms with E-state index in [1.165, 1.54) is 0 Å². The predicted octanol–water partition coefficient (Wildman–Crippen LogP) is 1.04. The van der Waals surface area contributed by atoms with E-state index in [1.54, 1.807) is 24.3 Å². The van der Waals surface area contributed by atoms with Gasteiger partial charge < -0.3 is 10.4 Å². The van der Waals surface area contributed by atoms with Crippen molar-refractivity contribution >= 4 is 21.9 Å². The Morgan fingerprint density at radius 2 is 1.80 bits per heavy atom. The van der Waals surface area contributed by atoms with Gasteiger partial charge in [0, 0.05) is 19.0 Å². The van der Waals surface area contributed by atoms with E-state index in [9.17, 15) is 18.0 Å². The molecule has 2 aliphatic carbocycles. The second-order valence-corrected chi connectivity index (χ2v) is 8.62. The van der Waals surface area contributed by atoms with Crippen molar-refractivity contribution in [2.45, 2.75) is 49.5 Å². The smallest absolute Gasteiger partial charge is 0.311 e. The summed E-state index contributed by atoms with van der Waals surface area (Å²) in [7, 11) is -3.46. The van der Waals surface area contributed by atoms with Crippen LogP contribution < -0.4 is 10.0 Å². The highest BCUT2D eigenvalue weighted by atomic mass is 32.2. The van der Waals surface area contributed by atoms with E-state index in [2.05, 4.69) is 10.0 Å². The number of amides is 1. The van der Waals surface area contributed by atoms with E-state index in [-0.39, 0.29) is 29.8 Å². The predicted molar refractivity (Wildman–Crippen MR) is 90.4 cm³/mol. The molecule has 0 aromatic heterocycles. The molecular weight excluding hydrogens is 344 g/mol. The SMILES string of the molecule is O=C(CCc1ccc(S(=O)(=O)NC2CC2)cc1)NCC1(C(=O)O)CC1. The van der Waals surface area contributed by atoms with Gasteiger partial charge in [-0.3, -0.25) is 9.59 Å². The molecule has 1 amide bonds. The molecule has 0 unspecified atom stereocenters. The summed E-state index contributed by atoms with van der Waals surface area (Å²) in [5, 5.41) is 11.7. The number of aliphatic carboxylic acids is 1. The molecule has 0 radical (unpaired) electrons. The Morgan fingerprint density at radius 3 is 2.32 bits per heavy atom. The van der Waals surface area contributed by atoms with Crippen LogP contribution in [0.5, 0.6) is 0 Å². The lowest BCUT2D eigenvalue weighted by molar-refractivity contribution is -0.143. The highest BCUT2D eigenvalue weighted by Gasteiger charge is 2.50. The first kappa shape index (κ1) is 17.9. The van der Waals surface area contributed by atoms with E-state index in [1.807, 2.05) is 0 Å². The van der Waals surface area contributed by atoms with E-state index < -0.39 is 21.4 Å². The zero-order valence-corrected chi connectivity index (χ0v) is 14.6. The Hall–Kier alpha value is -1.93. The molecule has 3 rings (SSSR count). The number of carbonyl (C=O) groups is 2. The Balaban J connectivity index is 1.46. The van der Waals surface area contributed by atoms with Gasteiger partial charge in [0.25, 0.3) is 0 Å². The lowest BCUT2D eigenvalue weighted by Gasteiger charge is -2.11. The third-order valence-electron chi connectivity index (χ3n) is 4.70. The van der Waals surface area contributed by atoms with Crippen LogP contribution in [0.1, 0.15) is 37.7 Å². The number of rotatable bonds is 9. The molecule has 2 fully saturated rings. The van der Waals surface area contributed by atoms with Crippen molar-refractivity contribution in [1.82, 2.24) is 10.0 Å². The van der Waals surface area contributed by atoms with Crippen molar-refractivity contribution in [1.29, 1.82) is 0 Å². The summed E-state index contributed by atoms with van der Waals surface area (Å²) in [6.07, 6.45) is 3.69. The standard InChI is InChI=1S/C17H22N2O5S/c20-15(18-11-17(9-10-17)16(21)22)8-3-12-1-6-14(7-2-12)25(23,24)19-13-4-5-13/h1-2,6-7,13,19H,3-5,8-11H2,(H,18,20)(H,21,22). The molecule has 0 heterocycles. The molecule has 25 heavy (non-hydrogen) atoms. The summed E-state index contributed by atoms with van der Waals surface area (Å²) < 4.78 is 26.8. The van der Waals surface area contributed by atoms with Gasteiger partial charge in [-0.1, -0.05) is 12.1 Å². The molecule has 0 bridgehead atoms. The maximum absolute atomic E-state index is 12.1. The largest absolute Gasteiger partial charge is 0.481 e. The minimum Gasteiger partial charge on any atom is -0.481 e. The maximum Gasteiger partial charge on any atom is 0.311 e. The van der Waals surface area contributed by atoms with Crippen molar-refractivity contribution in [3.63, 3.8) is 0 Å². The maximum atomic E-state index is 12.1. The van der Waals surface area contributed by atoms with Crippen molar-refractivity contribution in [2.24, 2.45) is 5.41 Å². The minimum absolute atomic E-state index is 0.0638. The minimum atomic E-state index is -3.46. The summed E-state index contributed by atoms with van der Waals surface area (Å²) in [4.78, 5) is 23.1. The van der Waals surface area contributed by atoms with E-state index >= 15 is 0 Å². The van der Waals surface area contributed by atoms with E-state index in [4.69, 9.17) is 5.11 Å². The van der Waals surface area contributed by atoms with Crippen LogP contribution in [0.2, 0.25) is 0 Å². The van der Waals surface area contributed by atoms with Crippen molar-refractivity contribution < 1.29 is 23.1 Å². The van der Waals surface area contributed by atoms with Crippen molar-refractivity contribution in [3.8, 4) is 0 Å². The van der Waals surface area contributed by atoms with Crippen molar-refractivity contribution in [3.05, 3.63) is 29.8 Å². The van der Waals surface area contributed by atoms with E-state index in [0.717, 1.165) is 18.4 Å². The van der Waals surface area contributed by atoms with Crippen LogP contribution in [-0.4, -0.2) is 38.0 Å². The first-order valence-electron chi connectivity index (χ1n) is 8.42. The fourth-order valence-electron chi connectivity index (χ4n) is 2.56. The zero-order chi connectivity index (χ0) is 18.1. The second kappa shape index (κ2) is 6.76. The number of carboxylic acid groups (broad SMARTS) is 1. The van der Waals surface area contributed by atoms with Crippen LogP contribution in [0.4, 0.5) is 0 Å². The molecule has 7 nitrogen and oxygen atoms in total. The molecule has 1 aromatic rings. The Bertz CT molecular complexity index is 765. The summed E-state index contributed by atoms with van der Waals surface area (Å²) in [6.45, 7) is 0.172. The molecule has 3 N–H and O–H groups in total. The monoisotopic (exact) mass is 366 g/mol. The van der Waals surface area contributed by atoms with Crippen LogP contribution in [0.25, 0.3) is 0 Å². The first-order chi connectivity index (χ1) is 11.8. The van der Waals surface area contributed by atoms with Gasteiger partial charge in [0.2, 0.25) is 15.9 Å². The summed E-state index contributed by atoms with van der Waals surface area (Å²) in [5.41, 5.74) is 0.0973. The van der Waals surface area contributed by atoms with Gasteiger partial charge in [0.15, 0.2) is 0 Å². The Labute approximate surface area is 146 Å². The van der Waals surface area contributed by atoms with Crippen molar-refractivity contribution in [2.75, 3.05) is 6.54 Å². The fourth-order valence-corrected chi connectivity index (χ4v) is 3.86. The van der Waals surface area contributed by atoms with Crippen LogP contribution in [0, 0.1) is 5.41 Å². The number of aryl methyl sites for hydroxylation is 1. The van der Waals surface area contributed by atoms with Gasteiger partial charge >= 0.3 is 5.97 Å². The molecule has 1 aromatic carbocycles. The summed E-state index contributed by atoms with van der Waals surface area (Å²) >= 11 is 0. The number of hydrogen-bond donors (Lipinski definition) is 3. The first-order valence-corrected chi connectivity index (χ1v) is 9.90. The Kier molecular flexibility index (Phi) is 4.83. The van der Waals surface area contributed by atoms with Gasteiger partial charge in [-0.05, 0) is 49.8 Å². The zero-order valence-electron chi connectivity index (χ0n) is 13.8.